The van der Waals surface area contributed by atoms with Crippen LogP contribution in [0.15, 0.2) is 30.3 Å². The van der Waals surface area contributed by atoms with Crippen LogP contribution in [0.2, 0.25) is 0 Å². The third-order valence-electron chi connectivity index (χ3n) is 2.58. The van der Waals surface area contributed by atoms with Gasteiger partial charge in [-0.1, -0.05) is 30.3 Å². The molecule has 16 heavy (non-hydrogen) atoms. The number of alkyl halides is 2. The van der Waals surface area contributed by atoms with Crippen LogP contribution < -0.4 is 0 Å². The third kappa shape index (κ3) is 5.74. The lowest BCUT2D eigenvalue weighted by atomic mass is 10.1. The maximum atomic E-state index is 5.74. The molecular formula is C13H19Cl2N. The fourth-order valence-electron chi connectivity index (χ4n) is 1.73. The minimum Gasteiger partial charge on any atom is -0.301 e. The highest BCUT2D eigenvalue weighted by molar-refractivity contribution is 6.18. The van der Waals surface area contributed by atoms with Gasteiger partial charge in [0.25, 0.3) is 0 Å². The van der Waals surface area contributed by atoms with Crippen LogP contribution in [0.3, 0.4) is 0 Å². The monoisotopic (exact) mass is 259 g/mol. The van der Waals surface area contributed by atoms with Crippen molar-refractivity contribution in [2.45, 2.75) is 12.8 Å². The highest BCUT2D eigenvalue weighted by Crippen LogP contribution is 2.04. The van der Waals surface area contributed by atoms with Crippen LogP contribution in [0.5, 0.6) is 0 Å². The molecule has 90 valence electrons. The summed E-state index contributed by atoms with van der Waals surface area (Å²) in [7, 11) is 0. The predicted octanol–water partition coefficient (Wildman–Crippen LogP) is 3.40. The molecule has 0 unspecified atom stereocenters. The highest BCUT2D eigenvalue weighted by Gasteiger charge is 2.02. The first-order chi connectivity index (χ1) is 7.86. The van der Waals surface area contributed by atoms with Crippen molar-refractivity contribution in [3.63, 3.8) is 0 Å². The van der Waals surface area contributed by atoms with E-state index in [1.807, 2.05) is 0 Å². The molecule has 1 aromatic carbocycles. The van der Waals surface area contributed by atoms with Gasteiger partial charge >= 0.3 is 0 Å². The maximum Gasteiger partial charge on any atom is 0.0351 e. The first-order valence-electron chi connectivity index (χ1n) is 5.75. The van der Waals surface area contributed by atoms with Crippen molar-refractivity contribution in [3.05, 3.63) is 35.9 Å². The Hall–Kier alpha value is -0.240. The van der Waals surface area contributed by atoms with Gasteiger partial charge in [-0.2, -0.15) is 0 Å². The van der Waals surface area contributed by atoms with Gasteiger partial charge < -0.3 is 4.90 Å². The molecule has 0 radical (unpaired) electrons. The Labute approximate surface area is 108 Å². The Balaban J connectivity index is 2.22. The van der Waals surface area contributed by atoms with Crippen molar-refractivity contribution >= 4 is 23.2 Å². The molecule has 0 aliphatic heterocycles. The third-order valence-corrected chi connectivity index (χ3v) is 2.92. The summed E-state index contributed by atoms with van der Waals surface area (Å²) in [6.45, 7) is 2.94. The molecule has 0 aliphatic rings. The van der Waals surface area contributed by atoms with Crippen molar-refractivity contribution in [2.24, 2.45) is 0 Å². The highest BCUT2D eigenvalue weighted by atomic mass is 35.5. The number of benzene rings is 1. The molecule has 1 nitrogen and oxygen atoms in total. The molecule has 0 amide bonds. The second-order valence-electron chi connectivity index (χ2n) is 3.81. The molecule has 0 saturated heterocycles. The summed E-state index contributed by atoms with van der Waals surface area (Å²) in [5.41, 5.74) is 1.40. The molecule has 0 bridgehead atoms. The molecular weight excluding hydrogens is 241 g/mol. The molecule has 1 aromatic rings. The van der Waals surface area contributed by atoms with E-state index in [1.54, 1.807) is 0 Å². The number of aryl methyl sites for hydroxylation is 1. The number of halogens is 2. The van der Waals surface area contributed by atoms with Gasteiger partial charge in [0.1, 0.15) is 0 Å². The van der Waals surface area contributed by atoms with Crippen molar-refractivity contribution in [3.8, 4) is 0 Å². The van der Waals surface area contributed by atoms with E-state index in [-0.39, 0.29) is 0 Å². The van der Waals surface area contributed by atoms with Gasteiger partial charge in [-0.15, -0.1) is 23.2 Å². The summed E-state index contributed by atoms with van der Waals surface area (Å²) in [5, 5.41) is 0. The van der Waals surface area contributed by atoms with E-state index in [9.17, 15) is 0 Å². The number of hydrogen-bond donors (Lipinski definition) is 0. The van der Waals surface area contributed by atoms with Crippen LogP contribution in [0.4, 0.5) is 0 Å². The lowest BCUT2D eigenvalue weighted by Gasteiger charge is -2.19. The smallest absolute Gasteiger partial charge is 0.0351 e. The second kappa shape index (κ2) is 8.86. The second-order valence-corrected chi connectivity index (χ2v) is 4.56. The SMILES string of the molecule is ClCCN(CCCl)CCCc1ccccc1. The van der Waals surface area contributed by atoms with E-state index >= 15 is 0 Å². The molecule has 0 aromatic heterocycles. The van der Waals surface area contributed by atoms with Gasteiger partial charge in [0.15, 0.2) is 0 Å². The zero-order chi connectivity index (χ0) is 11.6. The van der Waals surface area contributed by atoms with Crippen molar-refractivity contribution in [1.82, 2.24) is 4.90 Å². The molecule has 0 spiro atoms. The minimum atomic E-state index is 0.683. The number of nitrogens with zero attached hydrogens (tertiary/aromatic N) is 1. The van der Waals surface area contributed by atoms with Crippen LogP contribution >= 0.6 is 23.2 Å². The summed E-state index contributed by atoms with van der Waals surface area (Å²) < 4.78 is 0. The van der Waals surface area contributed by atoms with E-state index in [4.69, 9.17) is 23.2 Å². The summed E-state index contributed by atoms with van der Waals surface area (Å²) in [4.78, 5) is 2.32. The maximum absolute atomic E-state index is 5.74. The predicted molar refractivity (Wildman–Crippen MR) is 72.6 cm³/mol. The van der Waals surface area contributed by atoms with Gasteiger partial charge in [0.05, 0.1) is 0 Å². The summed E-state index contributed by atoms with van der Waals surface area (Å²) in [5.74, 6) is 1.37. The van der Waals surface area contributed by atoms with Crippen LogP contribution in [-0.4, -0.2) is 36.3 Å². The fourth-order valence-corrected chi connectivity index (χ4v) is 2.20. The standard InChI is InChI=1S/C13H19Cl2N/c14-8-11-16(12-9-15)10-4-7-13-5-2-1-3-6-13/h1-3,5-6H,4,7-12H2. The molecule has 1 rings (SSSR count). The lowest BCUT2D eigenvalue weighted by Crippen LogP contribution is -2.29. The number of rotatable bonds is 8. The van der Waals surface area contributed by atoms with Crippen LogP contribution in [-0.2, 0) is 6.42 Å². The fraction of sp³-hybridized carbons (Fsp3) is 0.538. The van der Waals surface area contributed by atoms with E-state index < -0.39 is 0 Å². The van der Waals surface area contributed by atoms with Crippen molar-refractivity contribution in [1.29, 1.82) is 0 Å². The Kier molecular flexibility index (Phi) is 7.65. The topological polar surface area (TPSA) is 3.24 Å². The molecule has 0 atom stereocenters. The minimum absolute atomic E-state index is 0.683. The average Bonchev–Trinajstić information content (AvgIpc) is 2.31. The van der Waals surface area contributed by atoms with Gasteiger partial charge in [-0.3, -0.25) is 0 Å². The average molecular weight is 260 g/mol. The zero-order valence-electron chi connectivity index (χ0n) is 9.54. The van der Waals surface area contributed by atoms with Gasteiger partial charge in [0.2, 0.25) is 0 Å². The first kappa shape index (κ1) is 13.8. The molecule has 3 heteroatoms. The molecule has 0 fully saturated rings. The molecule has 0 aliphatic carbocycles. The Morgan fingerprint density at radius 3 is 2.06 bits per heavy atom. The summed E-state index contributed by atoms with van der Waals surface area (Å²) >= 11 is 11.5. The quantitative estimate of drug-likeness (QED) is 0.647. The van der Waals surface area contributed by atoms with Gasteiger partial charge in [-0.05, 0) is 24.9 Å². The first-order valence-corrected chi connectivity index (χ1v) is 6.82. The molecule has 0 saturated carbocycles. The van der Waals surface area contributed by atoms with Crippen molar-refractivity contribution in [2.75, 3.05) is 31.4 Å². The Morgan fingerprint density at radius 1 is 0.875 bits per heavy atom. The van der Waals surface area contributed by atoms with Crippen LogP contribution in [0, 0.1) is 0 Å². The lowest BCUT2D eigenvalue weighted by molar-refractivity contribution is 0.303. The van der Waals surface area contributed by atoms with Crippen LogP contribution in [0.1, 0.15) is 12.0 Å². The van der Waals surface area contributed by atoms with Crippen molar-refractivity contribution < 1.29 is 0 Å². The van der Waals surface area contributed by atoms with Gasteiger partial charge in [0, 0.05) is 24.8 Å². The zero-order valence-corrected chi connectivity index (χ0v) is 11.1. The largest absolute Gasteiger partial charge is 0.301 e. The summed E-state index contributed by atoms with van der Waals surface area (Å²) in [6.07, 6.45) is 2.29. The normalized spacial score (nSPS) is 10.9. The number of hydrogen-bond acceptors (Lipinski definition) is 1. The molecule has 0 heterocycles. The van der Waals surface area contributed by atoms with E-state index in [1.165, 1.54) is 5.56 Å². The van der Waals surface area contributed by atoms with Crippen LogP contribution in [0.25, 0.3) is 0 Å². The van der Waals surface area contributed by atoms with E-state index in [0.29, 0.717) is 11.8 Å². The van der Waals surface area contributed by atoms with E-state index in [2.05, 4.69) is 35.2 Å². The van der Waals surface area contributed by atoms with Gasteiger partial charge in [-0.25, -0.2) is 0 Å². The van der Waals surface area contributed by atoms with E-state index in [0.717, 1.165) is 32.5 Å². The molecule has 0 N–H and O–H groups in total. The Bertz CT molecular complexity index is 258. The summed E-state index contributed by atoms with van der Waals surface area (Å²) in [6, 6.07) is 10.6. The Morgan fingerprint density at radius 2 is 1.50 bits per heavy atom.